The Morgan fingerprint density at radius 3 is 2.45 bits per heavy atom. The molecule has 120 valence electrons. The summed E-state index contributed by atoms with van der Waals surface area (Å²) >= 11 is 1.46. The molecule has 2 heterocycles. The molecule has 1 aliphatic rings. The number of nitrogens with one attached hydrogen (secondary N) is 2. The summed E-state index contributed by atoms with van der Waals surface area (Å²) in [5, 5.41) is 4.88. The van der Waals surface area contributed by atoms with Crippen LogP contribution in [0.5, 0.6) is 0 Å². The third kappa shape index (κ3) is 3.38. The van der Waals surface area contributed by atoms with Crippen LogP contribution in [0.4, 0.5) is 0 Å². The third-order valence-electron chi connectivity index (χ3n) is 3.60. The van der Waals surface area contributed by atoms with Crippen LogP contribution in [-0.4, -0.2) is 23.8 Å². The van der Waals surface area contributed by atoms with Gasteiger partial charge in [0.25, 0.3) is 5.91 Å². The highest BCUT2D eigenvalue weighted by atomic mass is 32.1. The molecule has 1 saturated heterocycles. The third-order valence-corrected chi connectivity index (χ3v) is 5.18. The molecular weight excluding hydrogens is 300 g/mol. The Balaban J connectivity index is 2.27. The Morgan fingerprint density at radius 1 is 1.36 bits per heavy atom. The molecule has 1 unspecified atom stereocenters. The Kier molecular flexibility index (Phi) is 4.42. The zero-order valence-corrected chi connectivity index (χ0v) is 14.4. The van der Waals surface area contributed by atoms with Gasteiger partial charge in [0.15, 0.2) is 0 Å². The fraction of sp³-hybridized carbons (Fsp3) is 0.562. The van der Waals surface area contributed by atoms with Crippen molar-refractivity contribution >= 4 is 29.1 Å². The van der Waals surface area contributed by atoms with Crippen molar-refractivity contribution in [3.8, 4) is 0 Å². The molecule has 22 heavy (non-hydrogen) atoms. The second kappa shape index (κ2) is 5.83. The van der Waals surface area contributed by atoms with E-state index in [0.29, 0.717) is 4.88 Å². The van der Waals surface area contributed by atoms with Crippen molar-refractivity contribution in [3.63, 3.8) is 0 Å². The first kappa shape index (κ1) is 16.7. The lowest BCUT2D eigenvalue weighted by molar-refractivity contribution is -0.125. The van der Waals surface area contributed by atoms with Gasteiger partial charge >= 0.3 is 0 Å². The highest BCUT2D eigenvalue weighted by Crippen LogP contribution is 2.35. The van der Waals surface area contributed by atoms with E-state index in [9.17, 15) is 14.4 Å². The molecule has 2 N–H and O–H groups in total. The average Bonchev–Trinajstić information content (AvgIpc) is 2.93. The molecule has 0 spiro atoms. The molecule has 1 aliphatic heterocycles. The van der Waals surface area contributed by atoms with Crippen LogP contribution < -0.4 is 10.6 Å². The SMILES string of the molecule is CC(C)c1cc(C(C)(C)C)sc1C(=O)NC1CC(=O)NC1=O. The summed E-state index contributed by atoms with van der Waals surface area (Å²) in [7, 11) is 0. The first-order valence-electron chi connectivity index (χ1n) is 7.38. The Labute approximate surface area is 134 Å². The maximum atomic E-state index is 12.5. The number of hydrogen-bond donors (Lipinski definition) is 2. The normalized spacial score (nSPS) is 18.7. The van der Waals surface area contributed by atoms with E-state index in [4.69, 9.17) is 0 Å². The van der Waals surface area contributed by atoms with Gasteiger partial charge in [-0.3, -0.25) is 19.7 Å². The Hall–Kier alpha value is -1.69. The second-order valence-corrected chi connectivity index (χ2v) is 7.99. The van der Waals surface area contributed by atoms with E-state index >= 15 is 0 Å². The molecule has 1 aromatic heterocycles. The van der Waals surface area contributed by atoms with Gasteiger partial charge in [-0.05, 0) is 23.0 Å². The van der Waals surface area contributed by atoms with Gasteiger partial charge in [0.1, 0.15) is 6.04 Å². The summed E-state index contributed by atoms with van der Waals surface area (Å²) in [6.07, 6.45) is 0.0130. The van der Waals surface area contributed by atoms with E-state index in [1.165, 1.54) is 11.3 Å². The number of carbonyl (C=O) groups is 3. The summed E-state index contributed by atoms with van der Waals surface area (Å²) in [4.78, 5) is 37.1. The minimum absolute atomic E-state index is 0.0130. The van der Waals surface area contributed by atoms with Crippen molar-refractivity contribution in [2.75, 3.05) is 0 Å². The fourth-order valence-electron chi connectivity index (χ4n) is 2.28. The van der Waals surface area contributed by atoms with E-state index < -0.39 is 11.9 Å². The molecule has 0 radical (unpaired) electrons. The van der Waals surface area contributed by atoms with E-state index in [-0.39, 0.29) is 29.6 Å². The van der Waals surface area contributed by atoms with Crippen LogP contribution >= 0.6 is 11.3 Å². The van der Waals surface area contributed by atoms with Crippen molar-refractivity contribution in [1.82, 2.24) is 10.6 Å². The van der Waals surface area contributed by atoms with Gasteiger partial charge in [-0.2, -0.15) is 0 Å². The summed E-state index contributed by atoms with van der Waals surface area (Å²) < 4.78 is 0. The zero-order chi connectivity index (χ0) is 16.7. The number of imide groups is 1. The average molecular weight is 322 g/mol. The first-order valence-corrected chi connectivity index (χ1v) is 8.20. The first-order chi connectivity index (χ1) is 10.1. The van der Waals surface area contributed by atoms with Crippen molar-refractivity contribution in [3.05, 3.63) is 21.4 Å². The largest absolute Gasteiger partial charge is 0.339 e. The fourth-order valence-corrected chi connectivity index (χ4v) is 3.55. The summed E-state index contributed by atoms with van der Waals surface area (Å²) in [5.74, 6) is -0.843. The number of thiophene rings is 1. The van der Waals surface area contributed by atoms with Crippen molar-refractivity contribution in [1.29, 1.82) is 0 Å². The topological polar surface area (TPSA) is 75.3 Å². The lowest BCUT2D eigenvalue weighted by Crippen LogP contribution is -2.40. The zero-order valence-electron chi connectivity index (χ0n) is 13.6. The van der Waals surface area contributed by atoms with Crippen LogP contribution in [0.25, 0.3) is 0 Å². The Bertz CT molecular complexity index is 626. The lowest BCUT2D eigenvalue weighted by Gasteiger charge is -2.15. The van der Waals surface area contributed by atoms with Crippen molar-refractivity contribution < 1.29 is 14.4 Å². The molecule has 6 heteroatoms. The lowest BCUT2D eigenvalue weighted by atomic mass is 9.92. The standard InChI is InChI=1S/C16H22N2O3S/c1-8(2)9-6-11(16(3,4)5)22-13(9)15(21)17-10-7-12(19)18-14(10)20/h6,8,10H,7H2,1-5H3,(H,17,21)(H,18,19,20). The smallest absolute Gasteiger partial charge is 0.262 e. The number of carbonyl (C=O) groups excluding carboxylic acids is 3. The van der Waals surface area contributed by atoms with Crippen LogP contribution in [-0.2, 0) is 15.0 Å². The second-order valence-electron chi connectivity index (χ2n) is 6.94. The summed E-state index contributed by atoms with van der Waals surface area (Å²) in [5.41, 5.74) is 0.949. The van der Waals surface area contributed by atoms with E-state index in [1.54, 1.807) is 0 Å². The number of hydrogen-bond acceptors (Lipinski definition) is 4. The van der Waals surface area contributed by atoms with Gasteiger partial charge in [0.05, 0.1) is 11.3 Å². The molecule has 0 bridgehead atoms. The number of rotatable bonds is 3. The minimum atomic E-state index is -0.764. The molecular formula is C16H22N2O3S. The molecule has 1 aromatic rings. The van der Waals surface area contributed by atoms with E-state index in [2.05, 4.69) is 37.5 Å². The Morgan fingerprint density at radius 2 is 2.00 bits per heavy atom. The van der Waals surface area contributed by atoms with Crippen LogP contribution in [0.3, 0.4) is 0 Å². The molecule has 3 amide bonds. The van der Waals surface area contributed by atoms with Crippen LogP contribution in [0.2, 0.25) is 0 Å². The van der Waals surface area contributed by atoms with Gasteiger partial charge in [0.2, 0.25) is 11.8 Å². The van der Waals surface area contributed by atoms with E-state index in [1.807, 2.05) is 13.8 Å². The van der Waals surface area contributed by atoms with Crippen LogP contribution in [0.1, 0.15) is 67.1 Å². The van der Waals surface area contributed by atoms with Crippen LogP contribution in [0.15, 0.2) is 6.07 Å². The van der Waals surface area contributed by atoms with Gasteiger partial charge < -0.3 is 5.32 Å². The molecule has 0 aliphatic carbocycles. The maximum absolute atomic E-state index is 12.5. The summed E-state index contributed by atoms with van der Waals surface area (Å²) in [6.45, 7) is 10.4. The predicted octanol–water partition coefficient (Wildman–Crippen LogP) is 2.31. The van der Waals surface area contributed by atoms with Gasteiger partial charge in [0, 0.05) is 4.88 Å². The monoisotopic (exact) mass is 322 g/mol. The van der Waals surface area contributed by atoms with Crippen LogP contribution in [0, 0.1) is 0 Å². The van der Waals surface area contributed by atoms with Gasteiger partial charge in [-0.1, -0.05) is 34.6 Å². The highest BCUT2D eigenvalue weighted by Gasteiger charge is 2.33. The number of amides is 3. The van der Waals surface area contributed by atoms with E-state index in [0.717, 1.165) is 10.4 Å². The molecule has 2 rings (SSSR count). The van der Waals surface area contributed by atoms with Gasteiger partial charge in [-0.15, -0.1) is 11.3 Å². The molecule has 1 atom stereocenters. The molecule has 0 saturated carbocycles. The maximum Gasteiger partial charge on any atom is 0.262 e. The van der Waals surface area contributed by atoms with Crippen molar-refractivity contribution in [2.45, 2.75) is 58.4 Å². The highest BCUT2D eigenvalue weighted by molar-refractivity contribution is 7.14. The summed E-state index contributed by atoms with van der Waals surface area (Å²) in [6, 6.07) is 1.31. The quantitative estimate of drug-likeness (QED) is 0.839. The van der Waals surface area contributed by atoms with Gasteiger partial charge in [-0.25, -0.2) is 0 Å². The molecule has 1 fully saturated rings. The molecule has 5 nitrogen and oxygen atoms in total. The molecule has 0 aromatic carbocycles. The minimum Gasteiger partial charge on any atom is -0.339 e. The van der Waals surface area contributed by atoms with Crippen molar-refractivity contribution in [2.24, 2.45) is 0 Å². The predicted molar refractivity (Wildman–Crippen MR) is 86.1 cm³/mol.